The first-order valence-corrected chi connectivity index (χ1v) is 7.92. The maximum atomic E-state index is 12.8. The molecule has 0 aliphatic carbocycles. The normalized spacial score (nSPS) is 10.5. The topological polar surface area (TPSA) is 66.1 Å². The Hall–Kier alpha value is -2.67. The number of thiazole rings is 1. The van der Waals surface area contributed by atoms with Crippen molar-refractivity contribution in [3.63, 3.8) is 0 Å². The van der Waals surface area contributed by atoms with Crippen LogP contribution in [-0.4, -0.2) is 17.6 Å². The van der Waals surface area contributed by atoms with Crippen LogP contribution in [0.15, 0.2) is 48.5 Å². The van der Waals surface area contributed by atoms with Crippen LogP contribution in [0.4, 0.5) is 14.3 Å². The Morgan fingerprint density at radius 2 is 1.91 bits per heavy atom. The number of aromatic nitrogens is 1. The third-order valence-corrected chi connectivity index (χ3v) is 4.14. The summed E-state index contributed by atoms with van der Waals surface area (Å²) in [5.41, 5.74) is 7.18. The van der Waals surface area contributed by atoms with E-state index in [1.807, 2.05) is 24.3 Å². The van der Waals surface area contributed by atoms with Gasteiger partial charge in [0.1, 0.15) is 5.82 Å². The molecule has 2 amide bonds. The number of nitrogens with zero attached hydrogens (tertiary/aromatic N) is 1. The standard InChI is InChI=1S/C16H15FN4OS/c17-12-7-5-11(6-8-12)9-10-18-15(22)20-21-16-19-13-3-1-2-4-14(13)23-16/h1-8H,9-10H2,(H,19,21)(H2,18,20,22). The number of fused-ring (bicyclic) bond motifs is 1. The number of amides is 2. The lowest BCUT2D eigenvalue weighted by atomic mass is 10.1. The number of hydrogen-bond donors (Lipinski definition) is 3. The summed E-state index contributed by atoms with van der Waals surface area (Å²) in [7, 11) is 0. The molecule has 0 spiro atoms. The van der Waals surface area contributed by atoms with Crippen molar-refractivity contribution in [3.8, 4) is 0 Å². The quantitative estimate of drug-likeness (QED) is 0.629. The molecule has 0 aliphatic rings. The third kappa shape index (κ3) is 4.17. The van der Waals surface area contributed by atoms with E-state index in [2.05, 4.69) is 21.2 Å². The number of carbonyl (C=O) groups excluding carboxylic acids is 1. The van der Waals surface area contributed by atoms with E-state index in [1.54, 1.807) is 12.1 Å². The van der Waals surface area contributed by atoms with Crippen LogP contribution >= 0.6 is 11.3 Å². The van der Waals surface area contributed by atoms with Crippen LogP contribution in [0, 0.1) is 5.82 Å². The highest BCUT2D eigenvalue weighted by Gasteiger charge is 2.04. The van der Waals surface area contributed by atoms with Crippen molar-refractivity contribution in [2.75, 3.05) is 12.0 Å². The van der Waals surface area contributed by atoms with Crippen LogP contribution in [0.1, 0.15) is 5.56 Å². The Bertz CT molecular complexity index is 770. The highest BCUT2D eigenvalue weighted by atomic mass is 32.1. The van der Waals surface area contributed by atoms with E-state index >= 15 is 0 Å². The molecule has 0 saturated carbocycles. The summed E-state index contributed by atoms with van der Waals surface area (Å²) in [5.74, 6) is -0.264. The SMILES string of the molecule is O=C(NCCc1ccc(F)cc1)NNc1nc2ccccc2s1. The minimum Gasteiger partial charge on any atom is -0.336 e. The molecule has 5 nitrogen and oxygen atoms in total. The number of rotatable bonds is 5. The molecule has 1 heterocycles. The average molecular weight is 330 g/mol. The van der Waals surface area contributed by atoms with Gasteiger partial charge in [-0.1, -0.05) is 35.6 Å². The van der Waals surface area contributed by atoms with Gasteiger partial charge in [0.25, 0.3) is 0 Å². The average Bonchev–Trinajstić information content (AvgIpc) is 2.98. The summed E-state index contributed by atoms with van der Waals surface area (Å²) >= 11 is 1.46. The molecule has 118 valence electrons. The largest absolute Gasteiger partial charge is 0.336 e. The van der Waals surface area contributed by atoms with Crippen molar-refractivity contribution in [1.82, 2.24) is 15.7 Å². The summed E-state index contributed by atoms with van der Waals surface area (Å²) < 4.78 is 13.8. The van der Waals surface area contributed by atoms with Crippen molar-refractivity contribution in [2.24, 2.45) is 0 Å². The second-order valence-corrected chi connectivity index (χ2v) is 5.90. The summed E-state index contributed by atoms with van der Waals surface area (Å²) in [6.07, 6.45) is 0.634. The predicted octanol–water partition coefficient (Wildman–Crippen LogP) is 3.30. The van der Waals surface area contributed by atoms with Gasteiger partial charge >= 0.3 is 6.03 Å². The molecule has 0 unspecified atom stereocenters. The van der Waals surface area contributed by atoms with Gasteiger partial charge in [-0.25, -0.2) is 19.6 Å². The molecule has 0 aliphatic heterocycles. The highest BCUT2D eigenvalue weighted by molar-refractivity contribution is 7.22. The molecule has 0 radical (unpaired) electrons. The molecule has 0 bridgehead atoms. The first-order valence-electron chi connectivity index (χ1n) is 7.10. The van der Waals surface area contributed by atoms with Gasteiger partial charge in [0, 0.05) is 6.54 Å². The first kappa shape index (κ1) is 15.2. The van der Waals surface area contributed by atoms with Crippen molar-refractivity contribution in [2.45, 2.75) is 6.42 Å². The fourth-order valence-electron chi connectivity index (χ4n) is 2.05. The van der Waals surface area contributed by atoms with Crippen LogP contribution in [0.2, 0.25) is 0 Å². The summed E-state index contributed by atoms with van der Waals surface area (Å²) in [6, 6.07) is 13.6. The molecule has 23 heavy (non-hydrogen) atoms. The first-order chi connectivity index (χ1) is 11.2. The Labute approximate surface area is 136 Å². The summed E-state index contributed by atoms with van der Waals surface area (Å²) in [5, 5.41) is 3.35. The molecule has 3 N–H and O–H groups in total. The number of para-hydroxylation sites is 1. The van der Waals surface area contributed by atoms with E-state index in [9.17, 15) is 9.18 Å². The molecule has 3 aromatic rings. The van der Waals surface area contributed by atoms with E-state index in [-0.39, 0.29) is 11.8 Å². The number of benzene rings is 2. The maximum Gasteiger partial charge on any atom is 0.333 e. The minimum absolute atomic E-state index is 0.264. The fraction of sp³-hybridized carbons (Fsp3) is 0.125. The predicted molar refractivity (Wildman–Crippen MR) is 89.9 cm³/mol. The molecule has 1 aromatic heterocycles. The molecule has 3 rings (SSSR count). The van der Waals surface area contributed by atoms with E-state index in [0.717, 1.165) is 15.8 Å². The number of hydrazine groups is 1. The van der Waals surface area contributed by atoms with Gasteiger partial charge in [-0.15, -0.1) is 0 Å². The molecular weight excluding hydrogens is 315 g/mol. The lowest BCUT2D eigenvalue weighted by Gasteiger charge is -2.07. The lowest BCUT2D eigenvalue weighted by Crippen LogP contribution is -2.39. The number of halogens is 1. The maximum absolute atomic E-state index is 12.8. The van der Waals surface area contributed by atoms with Crippen molar-refractivity contribution >= 4 is 32.7 Å². The van der Waals surface area contributed by atoms with E-state index < -0.39 is 0 Å². The van der Waals surface area contributed by atoms with Crippen LogP contribution in [0.25, 0.3) is 10.2 Å². The number of hydrogen-bond acceptors (Lipinski definition) is 4. The molecule has 2 aromatic carbocycles. The number of urea groups is 1. The van der Waals surface area contributed by atoms with Crippen molar-refractivity contribution in [1.29, 1.82) is 0 Å². The zero-order chi connectivity index (χ0) is 16.1. The van der Waals surface area contributed by atoms with Gasteiger partial charge in [-0.05, 0) is 36.2 Å². The number of nitrogens with one attached hydrogen (secondary N) is 3. The second kappa shape index (κ2) is 7.06. The van der Waals surface area contributed by atoms with Gasteiger partial charge in [0.2, 0.25) is 5.13 Å². The molecule has 0 fully saturated rings. The van der Waals surface area contributed by atoms with Crippen molar-refractivity contribution in [3.05, 3.63) is 59.9 Å². The number of carbonyl (C=O) groups is 1. The number of anilines is 1. The highest BCUT2D eigenvalue weighted by Crippen LogP contribution is 2.24. The fourth-order valence-corrected chi connectivity index (χ4v) is 2.87. The molecule has 0 saturated heterocycles. The van der Waals surface area contributed by atoms with Gasteiger partial charge in [0.05, 0.1) is 10.2 Å². The lowest BCUT2D eigenvalue weighted by molar-refractivity contribution is 0.243. The summed E-state index contributed by atoms with van der Waals surface area (Å²) in [6.45, 7) is 0.457. The zero-order valence-corrected chi connectivity index (χ0v) is 13.0. The van der Waals surface area contributed by atoms with Crippen LogP contribution < -0.4 is 16.2 Å². The van der Waals surface area contributed by atoms with Gasteiger partial charge in [0.15, 0.2) is 0 Å². The Morgan fingerprint density at radius 3 is 2.70 bits per heavy atom. The molecule has 0 atom stereocenters. The van der Waals surface area contributed by atoms with Crippen LogP contribution in [0.5, 0.6) is 0 Å². The van der Waals surface area contributed by atoms with Crippen LogP contribution in [-0.2, 0) is 6.42 Å². The van der Waals surface area contributed by atoms with E-state index in [1.165, 1.54) is 23.5 Å². The second-order valence-electron chi connectivity index (χ2n) is 4.87. The van der Waals surface area contributed by atoms with Gasteiger partial charge < -0.3 is 5.32 Å². The Kier molecular flexibility index (Phi) is 4.68. The van der Waals surface area contributed by atoms with Gasteiger partial charge in [-0.3, -0.25) is 5.43 Å². The smallest absolute Gasteiger partial charge is 0.333 e. The Balaban J connectivity index is 1.43. The van der Waals surface area contributed by atoms with E-state index in [4.69, 9.17) is 0 Å². The van der Waals surface area contributed by atoms with Crippen molar-refractivity contribution < 1.29 is 9.18 Å². The minimum atomic E-state index is -0.341. The summed E-state index contributed by atoms with van der Waals surface area (Å²) in [4.78, 5) is 16.1. The van der Waals surface area contributed by atoms with Gasteiger partial charge in [-0.2, -0.15) is 0 Å². The molecular formula is C16H15FN4OS. The monoisotopic (exact) mass is 330 g/mol. The molecule has 7 heteroatoms. The van der Waals surface area contributed by atoms with Crippen LogP contribution in [0.3, 0.4) is 0 Å². The Morgan fingerprint density at radius 1 is 1.13 bits per heavy atom. The zero-order valence-electron chi connectivity index (χ0n) is 12.2. The third-order valence-electron chi connectivity index (χ3n) is 3.19. The van der Waals surface area contributed by atoms with E-state index in [0.29, 0.717) is 18.1 Å².